The van der Waals surface area contributed by atoms with Gasteiger partial charge in [-0.2, -0.15) is 0 Å². The SMILES string of the molecule is CC(=O)Nc1nc(C)c(-c2cc(Cl)c3c(c2)CN(CCC2CC2)C3=O)s1. The quantitative estimate of drug-likeness (QED) is 0.819. The number of fused-ring (bicyclic) bond motifs is 1. The number of aromatic nitrogens is 1. The molecule has 136 valence electrons. The topological polar surface area (TPSA) is 62.3 Å². The summed E-state index contributed by atoms with van der Waals surface area (Å²) in [7, 11) is 0. The molecule has 0 unspecified atom stereocenters. The zero-order valence-corrected chi connectivity index (χ0v) is 16.3. The molecule has 1 aromatic carbocycles. The number of nitrogens with zero attached hydrogens (tertiary/aromatic N) is 2. The molecule has 4 rings (SSSR count). The van der Waals surface area contributed by atoms with Crippen molar-refractivity contribution in [3.63, 3.8) is 0 Å². The Morgan fingerprint density at radius 2 is 2.19 bits per heavy atom. The van der Waals surface area contributed by atoms with Crippen LogP contribution in [0.4, 0.5) is 5.13 Å². The van der Waals surface area contributed by atoms with Crippen LogP contribution in [-0.2, 0) is 11.3 Å². The Morgan fingerprint density at radius 3 is 2.88 bits per heavy atom. The molecule has 2 amide bonds. The zero-order valence-electron chi connectivity index (χ0n) is 14.8. The van der Waals surface area contributed by atoms with E-state index in [1.165, 1.54) is 31.1 Å². The summed E-state index contributed by atoms with van der Waals surface area (Å²) in [6.07, 6.45) is 3.67. The first-order valence-electron chi connectivity index (χ1n) is 8.79. The van der Waals surface area contributed by atoms with Crippen molar-refractivity contribution in [2.45, 2.75) is 39.7 Å². The Balaban J connectivity index is 1.62. The maximum Gasteiger partial charge on any atom is 0.256 e. The van der Waals surface area contributed by atoms with Crippen LogP contribution in [0.3, 0.4) is 0 Å². The third-order valence-electron chi connectivity index (χ3n) is 4.88. The summed E-state index contributed by atoms with van der Waals surface area (Å²) < 4.78 is 0. The number of benzene rings is 1. The van der Waals surface area contributed by atoms with Crippen LogP contribution in [-0.4, -0.2) is 28.2 Å². The fourth-order valence-corrected chi connectivity index (χ4v) is 4.71. The molecule has 2 aromatic rings. The minimum absolute atomic E-state index is 0.0390. The number of halogens is 1. The Kier molecular flexibility index (Phi) is 4.49. The standard InChI is InChI=1S/C19H20ClN3O2S/c1-10-17(26-19(21-10)22-11(2)24)13-7-14-9-23(6-5-12-3-4-12)18(25)16(14)15(20)8-13/h7-8,12H,3-6,9H2,1-2H3,(H,21,22,24). The minimum atomic E-state index is -0.144. The van der Waals surface area contributed by atoms with Gasteiger partial charge in [0.05, 0.1) is 21.2 Å². The number of thiazole rings is 1. The zero-order chi connectivity index (χ0) is 18.4. The van der Waals surface area contributed by atoms with Crippen LogP contribution in [0.5, 0.6) is 0 Å². The van der Waals surface area contributed by atoms with Gasteiger partial charge in [0, 0.05) is 20.0 Å². The Bertz CT molecular complexity index is 904. The maximum atomic E-state index is 12.7. The molecule has 1 fully saturated rings. The summed E-state index contributed by atoms with van der Waals surface area (Å²) in [6, 6.07) is 3.87. The molecular weight excluding hydrogens is 370 g/mol. The predicted molar refractivity (Wildman–Crippen MR) is 104 cm³/mol. The smallest absolute Gasteiger partial charge is 0.256 e. The molecule has 1 N–H and O–H groups in total. The van der Waals surface area contributed by atoms with E-state index in [4.69, 9.17) is 11.6 Å². The lowest BCUT2D eigenvalue weighted by Gasteiger charge is -2.14. The molecule has 0 radical (unpaired) electrons. The first-order chi connectivity index (χ1) is 12.4. The molecule has 7 heteroatoms. The largest absolute Gasteiger partial charge is 0.334 e. The third-order valence-corrected chi connectivity index (χ3v) is 6.30. The van der Waals surface area contributed by atoms with Gasteiger partial charge in [0.15, 0.2) is 5.13 Å². The number of nitrogens with one attached hydrogen (secondary N) is 1. The van der Waals surface area contributed by atoms with Crippen molar-refractivity contribution >= 4 is 39.9 Å². The lowest BCUT2D eigenvalue weighted by atomic mass is 10.0. The molecule has 1 aliphatic carbocycles. The van der Waals surface area contributed by atoms with Gasteiger partial charge in [-0.1, -0.05) is 35.8 Å². The number of amides is 2. The highest BCUT2D eigenvalue weighted by Gasteiger charge is 2.32. The van der Waals surface area contributed by atoms with Crippen molar-refractivity contribution in [3.8, 4) is 10.4 Å². The minimum Gasteiger partial charge on any atom is -0.334 e. The van der Waals surface area contributed by atoms with E-state index in [1.54, 1.807) is 0 Å². The Hall–Kier alpha value is -1.92. The highest BCUT2D eigenvalue weighted by Crippen LogP contribution is 2.39. The van der Waals surface area contributed by atoms with E-state index in [-0.39, 0.29) is 11.8 Å². The molecule has 5 nitrogen and oxygen atoms in total. The van der Waals surface area contributed by atoms with Crippen molar-refractivity contribution < 1.29 is 9.59 Å². The molecule has 26 heavy (non-hydrogen) atoms. The van der Waals surface area contributed by atoms with E-state index >= 15 is 0 Å². The number of hydrogen-bond acceptors (Lipinski definition) is 4. The number of carbonyl (C=O) groups is 2. The van der Waals surface area contributed by atoms with Crippen LogP contribution in [0.1, 0.15) is 47.8 Å². The molecule has 2 aliphatic rings. The first-order valence-corrected chi connectivity index (χ1v) is 9.99. The van der Waals surface area contributed by atoms with Gasteiger partial charge in [-0.05, 0) is 42.5 Å². The van der Waals surface area contributed by atoms with E-state index < -0.39 is 0 Å². The second-order valence-electron chi connectivity index (χ2n) is 7.07. The van der Waals surface area contributed by atoms with Crippen LogP contribution in [0, 0.1) is 12.8 Å². The summed E-state index contributed by atoms with van der Waals surface area (Å²) in [6.45, 7) is 4.79. The monoisotopic (exact) mass is 389 g/mol. The summed E-state index contributed by atoms with van der Waals surface area (Å²) in [5.74, 6) is 0.691. The molecule has 1 aliphatic heterocycles. The highest BCUT2D eigenvalue weighted by atomic mass is 35.5. The summed E-state index contributed by atoms with van der Waals surface area (Å²) >= 11 is 7.89. The van der Waals surface area contributed by atoms with E-state index in [1.807, 2.05) is 24.0 Å². The third kappa shape index (κ3) is 3.35. The first kappa shape index (κ1) is 17.5. The fraction of sp³-hybridized carbons (Fsp3) is 0.421. The normalized spacial score (nSPS) is 16.1. The Morgan fingerprint density at radius 1 is 1.42 bits per heavy atom. The molecule has 0 saturated heterocycles. The highest BCUT2D eigenvalue weighted by molar-refractivity contribution is 7.19. The number of aryl methyl sites for hydroxylation is 1. The molecular formula is C19H20ClN3O2S. The van der Waals surface area contributed by atoms with Gasteiger partial charge in [-0.25, -0.2) is 4.98 Å². The average Bonchev–Trinajstić information content (AvgIpc) is 3.24. The summed E-state index contributed by atoms with van der Waals surface area (Å²) in [5.41, 5.74) is 3.39. The van der Waals surface area contributed by atoms with E-state index in [0.717, 1.165) is 40.6 Å². The lowest BCUT2D eigenvalue weighted by Crippen LogP contribution is -2.25. The number of carbonyl (C=O) groups excluding carboxylic acids is 2. The van der Waals surface area contributed by atoms with Crippen LogP contribution >= 0.6 is 22.9 Å². The van der Waals surface area contributed by atoms with Crippen LogP contribution < -0.4 is 5.32 Å². The summed E-state index contributed by atoms with van der Waals surface area (Å²) in [4.78, 5) is 31.2. The second kappa shape index (κ2) is 6.67. The summed E-state index contributed by atoms with van der Waals surface area (Å²) in [5, 5.41) is 3.79. The number of rotatable bonds is 5. The van der Waals surface area contributed by atoms with Crippen LogP contribution in [0.15, 0.2) is 12.1 Å². The van der Waals surface area contributed by atoms with E-state index in [2.05, 4.69) is 10.3 Å². The second-order valence-corrected chi connectivity index (χ2v) is 8.47. The van der Waals surface area contributed by atoms with Crippen LogP contribution in [0.25, 0.3) is 10.4 Å². The molecule has 2 heterocycles. The molecule has 0 spiro atoms. The average molecular weight is 390 g/mol. The van der Waals surface area contributed by atoms with Gasteiger partial charge in [0.2, 0.25) is 5.91 Å². The molecule has 0 bridgehead atoms. The van der Waals surface area contributed by atoms with Crippen molar-refractivity contribution in [1.29, 1.82) is 0 Å². The van der Waals surface area contributed by atoms with Crippen molar-refractivity contribution in [2.24, 2.45) is 5.92 Å². The maximum absolute atomic E-state index is 12.7. The van der Waals surface area contributed by atoms with Crippen LogP contribution in [0.2, 0.25) is 5.02 Å². The van der Waals surface area contributed by atoms with E-state index in [9.17, 15) is 9.59 Å². The number of hydrogen-bond donors (Lipinski definition) is 1. The van der Waals surface area contributed by atoms with Crippen molar-refractivity contribution in [3.05, 3.63) is 34.0 Å². The van der Waals surface area contributed by atoms with Gasteiger partial charge in [0.25, 0.3) is 5.91 Å². The Labute approximate surface area is 161 Å². The van der Waals surface area contributed by atoms with E-state index in [0.29, 0.717) is 22.3 Å². The van der Waals surface area contributed by atoms with Gasteiger partial charge in [-0.15, -0.1) is 0 Å². The fourth-order valence-electron chi connectivity index (χ4n) is 3.39. The molecule has 0 atom stereocenters. The lowest BCUT2D eigenvalue weighted by molar-refractivity contribution is -0.114. The van der Waals surface area contributed by atoms with Gasteiger partial charge in [-0.3, -0.25) is 9.59 Å². The van der Waals surface area contributed by atoms with Crippen molar-refractivity contribution in [1.82, 2.24) is 9.88 Å². The number of anilines is 1. The molecule has 1 saturated carbocycles. The van der Waals surface area contributed by atoms with Crippen molar-refractivity contribution in [2.75, 3.05) is 11.9 Å². The predicted octanol–water partition coefficient (Wildman–Crippen LogP) is 4.49. The van der Waals surface area contributed by atoms with Gasteiger partial charge < -0.3 is 10.2 Å². The molecule has 1 aromatic heterocycles. The van der Waals surface area contributed by atoms with Gasteiger partial charge >= 0.3 is 0 Å². The van der Waals surface area contributed by atoms with Gasteiger partial charge in [0.1, 0.15) is 0 Å².